The van der Waals surface area contributed by atoms with E-state index in [1.165, 1.54) is 96.3 Å². The highest BCUT2D eigenvalue weighted by atomic mass is 31.2. The molecule has 0 amide bonds. The Morgan fingerprint density at radius 1 is 0.750 bits per heavy atom. The second kappa shape index (κ2) is 26.6. The molecule has 0 aliphatic carbocycles. The van der Waals surface area contributed by atoms with Crippen molar-refractivity contribution in [2.75, 3.05) is 61.1 Å². The zero-order valence-electron chi connectivity index (χ0n) is 24.4. The number of nitrogens with zero attached hydrogens (tertiary/aromatic N) is 1. The number of phosphoric ester groups is 1. The number of quaternary nitrogens is 1. The average molecular weight is 542 g/mol. The molecule has 1 unspecified atom stereocenters. The fourth-order valence-electron chi connectivity index (χ4n) is 3.70. The molecular weight excluding hydrogens is 479 g/mol. The summed E-state index contributed by atoms with van der Waals surface area (Å²) in [7, 11) is 3.34. The number of hydrogen-bond acceptors (Lipinski definition) is 5. The minimum absolute atomic E-state index is 0.0772. The van der Waals surface area contributed by atoms with Crippen molar-refractivity contribution in [1.82, 2.24) is 5.32 Å². The Bertz CT molecular complexity index is 485. The van der Waals surface area contributed by atoms with Gasteiger partial charge in [0.15, 0.2) is 0 Å². The molecule has 36 heavy (non-hydrogen) atoms. The fraction of sp³-hybridized carbons (Fsp3) is 1.00. The molecule has 0 heterocycles. The molecule has 0 saturated heterocycles. The summed E-state index contributed by atoms with van der Waals surface area (Å²) in [4.78, 5) is 16.6. The summed E-state index contributed by atoms with van der Waals surface area (Å²) >= 11 is 0. The van der Waals surface area contributed by atoms with E-state index in [1.54, 1.807) is 0 Å². The Kier molecular flexibility index (Phi) is 28.1. The maximum Gasteiger partial charge on any atom is 0.469 e. The lowest BCUT2D eigenvalue weighted by Gasteiger charge is -2.23. The van der Waals surface area contributed by atoms with E-state index in [0.29, 0.717) is 24.2 Å². The monoisotopic (exact) mass is 541 g/mol. The van der Waals surface area contributed by atoms with Gasteiger partial charge < -0.3 is 29.4 Å². The van der Waals surface area contributed by atoms with Gasteiger partial charge in [0.25, 0.3) is 0 Å². The second-order valence-corrected chi connectivity index (χ2v) is 12.2. The van der Waals surface area contributed by atoms with Crippen LogP contribution >= 0.6 is 7.82 Å². The highest BCUT2D eigenvalue weighted by Gasteiger charge is 2.16. The first kappa shape index (κ1) is 38.1. The average Bonchev–Trinajstić information content (AvgIpc) is 2.77. The van der Waals surface area contributed by atoms with Crippen LogP contribution in [-0.2, 0) is 13.8 Å². The molecule has 220 valence electrons. The quantitative estimate of drug-likeness (QED) is 0.0672. The zero-order chi connectivity index (χ0) is 27.5. The molecule has 1 atom stereocenters. The molecule has 9 heteroatoms. The van der Waals surface area contributed by atoms with Gasteiger partial charge in [0.05, 0.1) is 33.9 Å². The molecule has 0 rings (SSSR count). The van der Waals surface area contributed by atoms with Crippen LogP contribution < -0.4 is 5.32 Å². The summed E-state index contributed by atoms with van der Waals surface area (Å²) in [5.74, 6) is 0. The van der Waals surface area contributed by atoms with E-state index in [9.17, 15) is 9.67 Å². The summed E-state index contributed by atoms with van der Waals surface area (Å²) < 4.78 is 20.5. The Balaban J connectivity index is 0. The number of rotatable bonds is 25. The lowest BCUT2D eigenvalue weighted by atomic mass is 10.0. The molecule has 0 fully saturated rings. The van der Waals surface area contributed by atoms with Gasteiger partial charge in [-0.15, -0.1) is 0 Å². The first-order valence-corrected chi connectivity index (χ1v) is 16.0. The lowest BCUT2D eigenvalue weighted by molar-refractivity contribution is -0.870. The number of unbranched alkanes of at least 4 members (excludes halogenated alkanes) is 15. The van der Waals surface area contributed by atoms with Crippen LogP contribution in [0.4, 0.5) is 0 Å². The minimum atomic E-state index is -4.26. The van der Waals surface area contributed by atoms with E-state index in [4.69, 9.17) is 14.5 Å². The molecule has 0 saturated carbocycles. The van der Waals surface area contributed by atoms with Gasteiger partial charge in [0.1, 0.15) is 13.2 Å². The molecule has 0 spiro atoms. The van der Waals surface area contributed by atoms with Crippen molar-refractivity contribution < 1.29 is 33.2 Å². The van der Waals surface area contributed by atoms with Gasteiger partial charge in [-0.25, -0.2) is 4.57 Å². The molecule has 0 aliphatic heterocycles. The van der Waals surface area contributed by atoms with Gasteiger partial charge in [-0.1, -0.05) is 103 Å². The van der Waals surface area contributed by atoms with Crippen LogP contribution in [0.25, 0.3) is 0 Å². The van der Waals surface area contributed by atoms with Crippen LogP contribution in [0.1, 0.15) is 110 Å². The van der Waals surface area contributed by atoms with Crippen molar-refractivity contribution in [1.29, 1.82) is 0 Å². The van der Waals surface area contributed by atoms with E-state index in [0.717, 1.165) is 13.0 Å². The number of likely N-dealkylation sites (N-methyl/N-ethyl adjacent to an activating group) is 2. The van der Waals surface area contributed by atoms with E-state index < -0.39 is 7.82 Å². The Morgan fingerprint density at radius 3 is 1.53 bits per heavy atom. The number of hydrogen-bond donors (Lipinski definition) is 4. The van der Waals surface area contributed by atoms with E-state index in [1.807, 2.05) is 28.2 Å². The predicted octanol–water partition coefficient (Wildman–Crippen LogP) is 5.65. The van der Waals surface area contributed by atoms with Crippen molar-refractivity contribution in [2.45, 2.75) is 116 Å². The third-order valence-electron chi connectivity index (χ3n) is 5.91. The Morgan fingerprint density at radius 2 is 1.17 bits per heavy atom. The Labute approximate surface area is 223 Å². The molecule has 0 aromatic heterocycles. The van der Waals surface area contributed by atoms with Gasteiger partial charge in [-0.3, -0.25) is 4.52 Å². The largest absolute Gasteiger partial charge is 0.469 e. The van der Waals surface area contributed by atoms with Crippen molar-refractivity contribution >= 4 is 7.82 Å². The van der Waals surface area contributed by atoms with E-state index in [2.05, 4.69) is 16.8 Å². The highest BCUT2D eigenvalue weighted by Crippen LogP contribution is 2.35. The van der Waals surface area contributed by atoms with E-state index in [-0.39, 0.29) is 12.7 Å². The smallest absolute Gasteiger partial charge is 0.389 e. The highest BCUT2D eigenvalue weighted by molar-refractivity contribution is 7.46. The number of aliphatic hydroxyl groups excluding tert-OH is 1. The number of ether oxygens (including phenoxy) is 1. The van der Waals surface area contributed by atoms with Crippen molar-refractivity contribution in [2.24, 2.45) is 0 Å². The maximum absolute atomic E-state index is 10.2. The second-order valence-electron chi connectivity index (χ2n) is 10.9. The summed E-state index contributed by atoms with van der Waals surface area (Å²) in [6, 6.07) is 0. The van der Waals surface area contributed by atoms with Crippen molar-refractivity contribution in [3.8, 4) is 0 Å². The molecular formula is C27H62N2O6P+. The molecule has 0 aromatic rings. The maximum atomic E-state index is 10.2. The van der Waals surface area contributed by atoms with Gasteiger partial charge in [-0.2, -0.15) is 0 Å². The van der Waals surface area contributed by atoms with Crippen molar-refractivity contribution in [3.05, 3.63) is 0 Å². The predicted molar refractivity (Wildman–Crippen MR) is 151 cm³/mol. The Hall–Kier alpha value is -0.0500. The van der Waals surface area contributed by atoms with Crippen molar-refractivity contribution in [3.63, 3.8) is 0 Å². The first-order valence-electron chi connectivity index (χ1n) is 14.4. The molecule has 8 nitrogen and oxygen atoms in total. The van der Waals surface area contributed by atoms with Crippen LogP contribution in [0.3, 0.4) is 0 Å². The summed E-state index contributed by atoms with van der Waals surface area (Å²) in [6.45, 7) is 4.80. The molecule has 0 aromatic carbocycles. The normalized spacial score (nSPS) is 12.9. The van der Waals surface area contributed by atoms with E-state index >= 15 is 0 Å². The van der Waals surface area contributed by atoms with Gasteiger partial charge in [0.2, 0.25) is 0 Å². The van der Waals surface area contributed by atoms with Crippen LogP contribution in [0.5, 0.6) is 0 Å². The minimum Gasteiger partial charge on any atom is -0.389 e. The number of phosphoric acid groups is 1. The van der Waals surface area contributed by atoms with Crippen LogP contribution in [0.15, 0.2) is 0 Å². The summed E-state index contributed by atoms with van der Waals surface area (Å²) in [6.07, 6.45) is 21.9. The lowest BCUT2D eigenvalue weighted by Crippen LogP contribution is -2.37. The first-order chi connectivity index (χ1) is 17.0. The third-order valence-corrected chi connectivity index (χ3v) is 6.43. The number of aliphatic hydroxyl groups is 1. The molecule has 0 radical (unpaired) electrons. The van der Waals surface area contributed by atoms with Gasteiger partial charge in [-0.05, 0) is 13.5 Å². The SMILES string of the molecule is CCCCCCCCCCCCCCCCCCOCC(O)CNC.C[N+](C)(C)CCOP(=O)(O)O. The molecule has 0 bridgehead atoms. The summed E-state index contributed by atoms with van der Waals surface area (Å²) in [5.41, 5.74) is 0. The van der Waals surface area contributed by atoms with Gasteiger partial charge >= 0.3 is 7.82 Å². The van der Waals surface area contributed by atoms with Crippen LogP contribution in [0.2, 0.25) is 0 Å². The molecule has 4 N–H and O–H groups in total. The topological polar surface area (TPSA) is 108 Å². The standard InChI is InChI=1S/C22H47NO2.C5H14NO4P/c1-3-4-5-6-7-8-9-10-11-12-13-14-15-16-17-18-19-25-21-22(24)20-23-2;1-6(2,3)4-5-10-11(7,8)9/h22-24H,3-21H2,1-2H3;4-5H2,1-3H3,(H-,7,8,9)/p+1. The third kappa shape index (κ3) is 38.5. The fourth-order valence-corrected chi connectivity index (χ4v) is 4.02. The van der Waals surface area contributed by atoms with Gasteiger partial charge in [0, 0.05) is 13.2 Å². The van der Waals surface area contributed by atoms with Crippen LogP contribution in [-0.4, -0.2) is 86.6 Å². The molecule has 0 aliphatic rings. The zero-order valence-corrected chi connectivity index (χ0v) is 25.3. The van der Waals surface area contributed by atoms with Crippen LogP contribution in [0, 0.1) is 0 Å². The summed E-state index contributed by atoms with van der Waals surface area (Å²) in [5, 5.41) is 12.4. The number of nitrogens with one attached hydrogen (secondary N) is 1.